The molecule has 1 fully saturated rings. The second-order valence-corrected chi connectivity index (χ2v) is 6.85. The van der Waals surface area contributed by atoms with Crippen LogP contribution in [0.2, 0.25) is 0 Å². The van der Waals surface area contributed by atoms with E-state index in [1.165, 1.54) is 18.3 Å². The van der Waals surface area contributed by atoms with Gasteiger partial charge in [0.25, 0.3) is 0 Å². The van der Waals surface area contributed by atoms with Crippen LogP contribution in [0.25, 0.3) is 0 Å². The quantitative estimate of drug-likeness (QED) is 0.781. The van der Waals surface area contributed by atoms with Crippen molar-refractivity contribution in [3.8, 4) is 5.88 Å². The van der Waals surface area contributed by atoms with E-state index in [1.807, 2.05) is 19.0 Å². The van der Waals surface area contributed by atoms with Gasteiger partial charge in [-0.25, -0.2) is 0 Å². The Bertz CT molecular complexity index is 825. The molecule has 1 amide bonds. The smallest absolute Gasteiger partial charge is 0.416 e. The van der Waals surface area contributed by atoms with Crippen LogP contribution in [0, 0.1) is 0 Å². The molecule has 6 nitrogen and oxygen atoms in total. The van der Waals surface area contributed by atoms with Crippen LogP contribution in [0.4, 0.5) is 19.0 Å². The lowest BCUT2D eigenvalue weighted by molar-refractivity contribution is -0.137. The fourth-order valence-corrected chi connectivity index (χ4v) is 2.93. The molecule has 0 N–H and O–H groups in total. The van der Waals surface area contributed by atoms with Gasteiger partial charge in [0.15, 0.2) is 5.82 Å². The van der Waals surface area contributed by atoms with Crippen molar-refractivity contribution in [2.45, 2.75) is 25.1 Å². The molecular formula is C19H21F3N4O2. The van der Waals surface area contributed by atoms with Gasteiger partial charge in [0, 0.05) is 27.1 Å². The molecule has 1 saturated heterocycles. The molecular weight excluding hydrogens is 373 g/mol. The molecule has 0 saturated carbocycles. The zero-order valence-electron chi connectivity index (χ0n) is 15.6. The minimum atomic E-state index is -4.38. The Balaban J connectivity index is 1.55. The van der Waals surface area contributed by atoms with Gasteiger partial charge in [0.1, 0.15) is 6.10 Å². The average Bonchev–Trinajstić information content (AvgIpc) is 3.10. The van der Waals surface area contributed by atoms with Crippen LogP contribution >= 0.6 is 0 Å². The number of benzene rings is 1. The topological polar surface area (TPSA) is 58.6 Å². The monoisotopic (exact) mass is 394 g/mol. The molecule has 28 heavy (non-hydrogen) atoms. The molecule has 9 heteroatoms. The molecule has 1 unspecified atom stereocenters. The fraction of sp³-hybridized carbons (Fsp3) is 0.421. The lowest BCUT2D eigenvalue weighted by atomic mass is 10.1. The highest BCUT2D eigenvalue weighted by Gasteiger charge is 2.31. The molecule has 1 aliphatic rings. The number of likely N-dealkylation sites (tertiary alicyclic amines) is 1. The van der Waals surface area contributed by atoms with Gasteiger partial charge in [-0.3, -0.25) is 9.78 Å². The molecule has 3 rings (SSSR count). The van der Waals surface area contributed by atoms with Crippen molar-refractivity contribution in [3.63, 3.8) is 0 Å². The van der Waals surface area contributed by atoms with Crippen LogP contribution in [-0.2, 0) is 17.4 Å². The first-order valence-corrected chi connectivity index (χ1v) is 8.82. The first-order chi connectivity index (χ1) is 13.2. The molecule has 2 heterocycles. The molecule has 1 aliphatic heterocycles. The number of anilines is 1. The summed E-state index contributed by atoms with van der Waals surface area (Å²) in [5, 5.41) is 0. The number of carbonyl (C=O) groups is 1. The van der Waals surface area contributed by atoms with Crippen LogP contribution < -0.4 is 9.64 Å². The number of hydrogen-bond acceptors (Lipinski definition) is 5. The molecule has 1 aromatic heterocycles. The van der Waals surface area contributed by atoms with Gasteiger partial charge in [0.05, 0.1) is 30.9 Å². The van der Waals surface area contributed by atoms with Gasteiger partial charge in [-0.15, -0.1) is 0 Å². The van der Waals surface area contributed by atoms with Crippen LogP contribution in [-0.4, -0.2) is 54.1 Å². The highest BCUT2D eigenvalue weighted by Crippen LogP contribution is 2.29. The maximum absolute atomic E-state index is 12.6. The molecule has 2 aromatic rings. The summed E-state index contributed by atoms with van der Waals surface area (Å²) in [5.41, 5.74) is -0.175. The minimum Gasteiger partial charge on any atom is -0.471 e. The average molecular weight is 394 g/mol. The SMILES string of the molecule is CN(C)c1cncc(OC2CCN(C(=O)Cc3ccc(C(F)(F)F)cc3)C2)n1. The highest BCUT2D eigenvalue weighted by atomic mass is 19.4. The van der Waals surface area contributed by atoms with E-state index in [-0.39, 0.29) is 18.4 Å². The number of amides is 1. The van der Waals surface area contributed by atoms with Crippen molar-refractivity contribution in [2.24, 2.45) is 0 Å². The van der Waals surface area contributed by atoms with Gasteiger partial charge in [-0.1, -0.05) is 12.1 Å². The number of alkyl halides is 3. The lowest BCUT2D eigenvalue weighted by Crippen LogP contribution is -2.32. The molecule has 150 valence electrons. The fourth-order valence-electron chi connectivity index (χ4n) is 2.93. The van der Waals surface area contributed by atoms with E-state index in [4.69, 9.17) is 4.74 Å². The number of nitrogens with zero attached hydrogens (tertiary/aromatic N) is 4. The summed E-state index contributed by atoms with van der Waals surface area (Å²) in [5.74, 6) is 0.929. The third kappa shape index (κ3) is 4.90. The Morgan fingerprint density at radius 1 is 1.25 bits per heavy atom. The van der Waals surface area contributed by atoms with Crippen LogP contribution in [0.15, 0.2) is 36.7 Å². The molecule has 1 aromatic carbocycles. The molecule has 0 spiro atoms. The van der Waals surface area contributed by atoms with Crippen molar-refractivity contribution < 1.29 is 22.7 Å². The molecule has 0 radical (unpaired) electrons. The van der Waals surface area contributed by atoms with Crippen LogP contribution in [0.3, 0.4) is 0 Å². The molecule has 0 bridgehead atoms. The summed E-state index contributed by atoms with van der Waals surface area (Å²) >= 11 is 0. The zero-order valence-corrected chi connectivity index (χ0v) is 15.6. The summed E-state index contributed by atoms with van der Waals surface area (Å²) in [7, 11) is 3.70. The van der Waals surface area contributed by atoms with Crippen LogP contribution in [0.1, 0.15) is 17.5 Å². The van der Waals surface area contributed by atoms with Gasteiger partial charge >= 0.3 is 6.18 Å². The predicted octanol–water partition coefficient (Wildman–Crippen LogP) is 2.78. The Kier molecular flexibility index (Phi) is 5.71. The lowest BCUT2D eigenvalue weighted by Gasteiger charge is -2.18. The first-order valence-electron chi connectivity index (χ1n) is 8.82. The third-order valence-electron chi connectivity index (χ3n) is 4.48. The van der Waals surface area contributed by atoms with E-state index in [1.54, 1.807) is 11.1 Å². The largest absolute Gasteiger partial charge is 0.471 e. The van der Waals surface area contributed by atoms with Gasteiger partial charge in [-0.05, 0) is 17.7 Å². The normalized spacial score (nSPS) is 16.9. The number of aromatic nitrogens is 2. The standard InChI is InChI=1S/C19H21F3N4O2/c1-25(2)16-10-23-11-17(24-16)28-15-7-8-26(12-15)18(27)9-13-3-5-14(6-4-13)19(20,21)22/h3-6,10-11,15H,7-9,12H2,1-2H3. The second kappa shape index (κ2) is 8.04. The van der Waals surface area contributed by atoms with E-state index in [0.29, 0.717) is 36.8 Å². The first kappa shape index (κ1) is 19.9. The summed E-state index contributed by atoms with van der Waals surface area (Å²) in [4.78, 5) is 24.4. The summed E-state index contributed by atoms with van der Waals surface area (Å²) in [6, 6.07) is 4.67. The van der Waals surface area contributed by atoms with E-state index in [0.717, 1.165) is 12.1 Å². The van der Waals surface area contributed by atoms with E-state index in [9.17, 15) is 18.0 Å². The number of halogens is 3. The molecule has 0 aliphatic carbocycles. The molecule has 1 atom stereocenters. The zero-order chi connectivity index (χ0) is 20.3. The maximum Gasteiger partial charge on any atom is 0.416 e. The van der Waals surface area contributed by atoms with Crippen molar-refractivity contribution in [1.29, 1.82) is 0 Å². The Morgan fingerprint density at radius 3 is 2.61 bits per heavy atom. The van der Waals surface area contributed by atoms with E-state index >= 15 is 0 Å². The summed E-state index contributed by atoms with van der Waals surface area (Å²) in [6.07, 6.45) is -0.702. The van der Waals surface area contributed by atoms with Crippen molar-refractivity contribution in [2.75, 3.05) is 32.1 Å². The van der Waals surface area contributed by atoms with Crippen molar-refractivity contribution in [1.82, 2.24) is 14.9 Å². The van der Waals surface area contributed by atoms with Gasteiger partial charge < -0.3 is 14.5 Å². The number of ether oxygens (including phenoxy) is 1. The number of rotatable bonds is 5. The predicted molar refractivity (Wildman–Crippen MR) is 97.1 cm³/mol. The van der Waals surface area contributed by atoms with Crippen molar-refractivity contribution >= 4 is 11.7 Å². The Hall–Kier alpha value is -2.84. The Labute approximate surface area is 160 Å². The van der Waals surface area contributed by atoms with Crippen molar-refractivity contribution in [3.05, 3.63) is 47.8 Å². The summed E-state index contributed by atoms with van der Waals surface area (Å²) < 4.78 is 43.7. The highest BCUT2D eigenvalue weighted by molar-refractivity contribution is 5.79. The van der Waals surface area contributed by atoms with E-state index < -0.39 is 11.7 Å². The Morgan fingerprint density at radius 2 is 1.96 bits per heavy atom. The van der Waals surface area contributed by atoms with E-state index in [2.05, 4.69) is 9.97 Å². The number of hydrogen-bond donors (Lipinski definition) is 0. The van der Waals surface area contributed by atoms with Gasteiger partial charge in [0.2, 0.25) is 11.8 Å². The summed E-state index contributed by atoms with van der Waals surface area (Å²) in [6.45, 7) is 0.943. The maximum atomic E-state index is 12.6. The third-order valence-corrected chi connectivity index (χ3v) is 4.48. The second-order valence-electron chi connectivity index (χ2n) is 6.85. The van der Waals surface area contributed by atoms with Gasteiger partial charge in [-0.2, -0.15) is 18.2 Å². The minimum absolute atomic E-state index is 0.0563. The van der Waals surface area contributed by atoms with Crippen LogP contribution in [0.5, 0.6) is 5.88 Å². The number of carbonyl (C=O) groups excluding carboxylic acids is 1.